The van der Waals surface area contributed by atoms with Crippen molar-refractivity contribution < 1.29 is 17.6 Å². The van der Waals surface area contributed by atoms with Gasteiger partial charge in [-0.1, -0.05) is 0 Å². The molecule has 3 rings (SSSR count). The van der Waals surface area contributed by atoms with Gasteiger partial charge in [-0.25, -0.2) is 9.37 Å². The molecule has 0 aliphatic heterocycles. The summed E-state index contributed by atoms with van der Waals surface area (Å²) in [5.41, 5.74) is 0.0161. The molecule has 1 aliphatic rings. The lowest BCUT2D eigenvalue weighted by atomic mass is 10.2. The first-order valence-corrected chi connectivity index (χ1v) is 7.07. The predicted molar refractivity (Wildman–Crippen MR) is 78.1 cm³/mol. The fraction of sp³-hybridized carbons (Fsp3) is 0.333. The van der Waals surface area contributed by atoms with Gasteiger partial charge in [-0.15, -0.1) is 0 Å². The molecule has 0 radical (unpaired) electrons. The van der Waals surface area contributed by atoms with E-state index in [1.807, 2.05) is 0 Å². The number of nitrogens with zero attached hydrogens (tertiary/aromatic N) is 2. The number of alkyl halides is 3. The largest absolute Gasteiger partial charge is 0.433 e. The number of aryl methyl sites for hydroxylation is 1. The second kappa shape index (κ2) is 5.68. The van der Waals surface area contributed by atoms with Crippen molar-refractivity contribution in [3.8, 4) is 0 Å². The molecule has 0 bridgehead atoms. The van der Waals surface area contributed by atoms with E-state index >= 15 is 0 Å². The van der Waals surface area contributed by atoms with E-state index in [0.29, 0.717) is 11.3 Å². The molecule has 23 heavy (non-hydrogen) atoms. The van der Waals surface area contributed by atoms with E-state index < -0.39 is 17.7 Å². The average Bonchev–Trinajstić information content (AvgIpc) is 3.25. The first kappa shape index (κ1) is 15.5. The molecule has 1 aliphatic carbocycles. The van der Waals surface area contributed by atoms with Crippen LogP contribution >= 0.6 is 0 Å². The molecule has 0 atom stereocenters. The zero-order chi connectivity index (χ0) is 16.6. The first-order chi connectivity index (χ1) is 10.8. The lowest BCUT2D eigenvalue weighted by Crippen LogP contribution is -2.14. The summed E-state index contributed by atoms with van der Waals surface area (Å²) < 4.78 is 52.0. The highest BCUT2D eigenvalue weighted by molar-refractivity contribution is 5.61. The van der Waals surface area contributed by atoms with Crippen LogP contribution in [0.15, 0.2) is 24.3 Å². The Morgan fingerprint density at radius 3 is 2.48 bits per heavy atom. The normalized spacial score (nSPS) is 14.7. The summed E-state index contributed by atoms with van der Waals surface area (Å²) in [7, 11) is 0. The van der Waals surface area contributed by atoms with Crippen LogP contribution in [0.25, 0.3) is 0 Å². The molecule has 1 fully saturated rings. The molecule has 0 spiro atoms. The molecule has 4 nitrogen and oxygen atoms in total. The molecule has 2 aromatic rings. The molecule has 1 aromatic heterocycles. The molecule has 0 saturated heterocycles. The first-order valence-electron chi connectivity index (χ1n) is 7.07. The van der Waals surface area contributed by atoms with E-state index in [4.69, 9.17) is 0 Å². The van der Waals surface area contributed by atoms with Gasteiger partial charge < -0.3 is 10.6 Å². The Bertz CT molecular complexity index is 726. The van der Waals surface area contributed by atoms with Gasteiger partial charge >= 0.3 is 6.18 Å². The molecule has 1 aromatic carbocycles. The van der Waals surface area contributed by atoms with Crippen LogP contribution < -0.4 is 10.6 Å². The van der Waals surface area contributed by atoms with Crippen LogP contribution in [0.4, 0.5) is 35.0 Å². The van der Waals surface area contributed by atoms with Gasteiger partial charge in [-0.3, -0.25) is 0 Å². The quantitative estimate of drug-likeness (QED) is 0.824. The van der Waals surface area contributed by atoms with Gasteiger partial charge in [0.05, 0.1) is 0 Å². The summed E-state index contributed by atoms with van der Waals surface area (Å²) >= 11 is 0. The summed E-state index contributed by atoms with van der Waals surface area (Å²) in [6.45, 7) is 1.65. The van der Waals surface area contributed by atoms with E-state index in [1.165, 1.54) is 18.2 Å². The van der Waals surface area contributed by atoms with E-state index in [0.717, 1.165) is 18.9 Å². The summed E-state index contributed by atoms with van der Waals surface area (Å²) in [5, 5.41) is 5.64. The van der Waals surface area contributed by atoms with Crippen molar-refractivity contribution in [2.24, 2.45) is 0 Å². The monoisotopic (exact) mass is 326 g/mol. The van der Waals surface area contributed by atoms with Crippen molar-refractivity contribution in [2.75, 3.05) is 10.6 Å². The SMILES string of the molecule is Cc1cc(F)ccc1Nc1cc(C(F)(F)F)nc(NC2CC2)n1. The summed E-state index contributed by atoms with van der Waals surface area (Å²) in [6.07, 6.45) is -2.80. The molecular formula is C15H14F4N4. The van der Waals surface area contributed by atoms with E-state index in [-0.39, 0.29) is 17.8 Å². The smallest absolute Gasteiger partial charge is 0.351 e. The number of nitrogens with one attached hydrogen (secondary N) is 2. The van der Waals surface area contributed by atoms with Crippen LogP contribution in [0.2, 0.25) is 0 Å². The van der Waals surface area contributed by atoms with Crippen LogP contribution in [0.3, 0.4) is 0 Å². The van der Waals surface area contributed by atoms with Gasteiger partial charge in [0.15, 0.2) is 5.69 Å². The zero-order valence-electron chi connectivity index (χ0n) is 12.2. The second-order valence-corrected chi connectivity index (χ2v) is 5.46. The van der Waals surface area contributed by atoms with Gasteiger partial charge in [0.1, 0.15) is 11.6 Å². The minimum absolute atomic E-state index is 0.00480. The Labute approximate surface area is 130 Å². The van der Waals surface area contributed by atoms with Crippen LogP contribution in [0, 0.1) is 12.7 Å². The van der Waals surface area contributed by atoms with E-state index in [2.05, 4.69) is 20.6 Å². The van der Waals surface area contributed by atoms with Gasteiger partial charge in [0, 0.05) is 17.8 Å². The molecular weight excluding hydrogens is 312 g/mol. The highest BCUT2D eigenvalue weighted by Crippen LogP contribution is 2.32. The van der Waals surface area contributed by atoms with E-state index in [9.17, 15) is 17.6 Å². The van der Waals surface area contributed by atoms with Gasteiger partial charge in [-0.05, 0) is 43.5 Å². The number of halogens is 4. The molecule has 8 heteroatoms. The Balaban J connectivity index is 1.93. The highest BCUT2D eigenvalue weighted by atomic mass is 19.4. The fourth-order valence-corrected chi connectivity index (χ4v) is 2.04. The molecule has 0 unspecified atom stereocenters. The van der Waals surface area contributed by atoms with Gasteiger partial charge in [0.25, 0.3) is 0 Å². The minimum Gasteiger partial charge on any atom is -0.351 e. The van der Waals surface area contributed by atoms with Crippen molar-refractivity contribution in [3.05, 3.63) is 41.3 Å². The Morgan fingerprint density at radius 2 is 1.87 bits per heavy atom. The van der Waals surface area contributed by atoms with Crippen LogP contribution in [-0.2, 0) is 6.18 Å². The highest BCUT2D eigenvalue weighted by Gasteiger charge is 2.34. The number of hydrogen-bond donors (Lipinski definition) is 2. The maximum Gasteiger partial charge on any atom is 0.433 e. The molecule has 122 valence electrons. The third-order valence-corrected chi connectivity index (χ3v) is 3.38. The lowest BCUT2D eigenvalue weighted by molar-refractivity contribution is -0.141. The van der Waals surface area contributed by atoms with Crippen molar-refractivity contribution >= 4 is 17.5 Å². The van der Waals surface area contributed by atoms with Crippen molar-refractivity contribution in [1.29, 1.82) is 0 Å². The van der Waals surface area contributed by atoms with Crippen LogP contribution in [0.5, 0.6) is 0 Å². The minimum atomic E-state index is -4.57. The second-order valence-electron chi connectivity index (χ2n) is 5.46. The summed E-state index contributed by atoms with van der Waals surface area (Å²) in [6, 6.07) is 4.93. The predicted octanol–water partition coefficient (Wildman–Crippen LogP) is 4.26. The number of anilines is 3. The number of hydrogen-bond acceptors (Lipinski definition) is 4. The maximum absolute atomic E-state index is 13.1. The van der Waals surface area contributed by atoms with Crippen molar-refractivity contribution in [3.63, 3.8) is 0 Å². The van der Waals surface area contributed by atoms with Crippen molar-refractivity contribution in [1.82, 2.24) is 9.97 Å². The standard InChI is InChI=1S/C15H14F4N4/c1-8-6-9(16)2-5-11(8)21-13-7-12(15(17,18)19)22-14(23-13)20-10-3-4-10/h2,5-7,10H,3-4H2,1H3,(H2,20,21,22,23). The molecule has 1 heterocycles. The fourth-order valence-electron chi connectivity index (χ4n) is 2.04. The average molecular weight is 326 g/mol. The topological polar surface area (TPSA) is 49.8 Å². The number of aromatic nitrogens is 2. The summed E-state index contributed by atoms with van der Waals surface area (Å²) in [4.78, 5) is 7.57. The van der Waals surface area contributed by atoms with Crippen molar-refractivity contribution in [2.45, 2.75) is 32.0 Å². The Kier molecular flexibility index (Phi) is 3.83. The lowest BCUT2D eigenvalue weighted by Gasteiger charge is -2.13. The summed E-state index contributed by atoms with van der Waals surface area (Å²) in [5.74, 6) is -0.474. The Hall–Kier alpha value is -2.38. The maximum atomic E-state index is 13.1. The van der Waals surface area contributed by atoms with Crippen LogP contribution in [-0.4, -0.2) is 16.0 Å². The molecule has 0 amide bonds. The molecule has 2 N–H and O–H groups in total. The van der Waals surface area contributed by atoms with Gasteiger partial charge in [0.2, 0.25) is 5.95 Å². The Morgan fingerprint density at radius 1 is 1.13 bits per heavy atom. The van der Waals surface area contributed by atoms with Crippen LogP contribution in [0.1, 0.15) is 24.1 Å². The van der Waals surface area contributed by atoms with E-state index in [1.54, 1.807) is 6.92 Å². The number of rotatable bonds is 4. The van der Waals surface area contributed by atoms with Gasteiger partial charge in [-0.2, -0.15) is 18.2 Å². The third-order valence-electron chi connectivity index (χ3n) is 3.38. The zero-order valence-corrected chi connectivity index (χ0v) is 12.2. The third kappa shape index (κ3) is 3.88. The number of benzene rings is 1. The molecule has 1 saturated carbocycles.